The Hall–Kier alpha value is -1.60. The lowest BCUT2D eigenvalue weighted by molar-refractivity contribution is -0.0202. The Morgan fingerprint density at radius 3 is 2.62 bits per heavy atom. The average Bonchev–Trinajstić information content (AvgIpc) is 2.23. The van der Waals surface area contributed by atoms with E-state index in [4.69, 9.17) is 11.6 Å². The highest BCUT2D eigenvalue weighted by atomic mass is 16.3. The summed E-state index contributed by atoms with van der Waals surface area (Å²) in [5.74, 6) is 6.37. The molecule has 1 aromatic rings. The molecule has 1 aliphatic rings. The zero-order valence-electron chi connectivity index (χ0n) is 8.90. The van der Waals surface area contributed by atoms with Gasteiger partial charge in [-0.15, -0.1) is 0 Å². The largest absolute Gasteiger partial charge is 0.388 e. The SMILES string of the molecule is NNc1cc(NCC2(O)CCC2)nc(N)n1. The van der Waals surface area contributed by atoms with Crippen LogP contribution in [-0.2, 0) is 0 Å². The Morgan fingerprint density at radius 2 is 2.06 bits per heavy atom. The second kappa shape index (κ2) is 4.11. The molecule has 1 saturated carbocycles. The maximum Gasteiger partial charge on any atom is 0.223 e. The van der Waals surface area contributed by atoms with Crippen molar-refractivity contribution in [2.75, 3.05) is 23.0 Å². The number of nitrogens with two attached hydrogens (primary N) is 2. The molecule has 0 bridgehead atoms. The van der Waals surface area contributed by atoms with Gasteiger partial charge in [-0.25, -0.2) is 5.84 Å². The van der Waals surface area contributed by atoms with Gasteiger partial charge in [0.25, 0.3) is 0 Å². The van der Waals surface area contributed by atoms with Crippen molar-refractivity contribution in [3.8, 4) is 0 Å². The van der Waals surface area contributed by atoms with Gasteiger partial charge < -0.3 is 21.6 Å². The Bertz CT molecular complexity index is 378. The van der Waals surface area contributed by atoms with Gasteiger partial charge in [0, 0.05) is 12.6 Å². The number of nitrogens with zero attached hydrogens (tertiary/aromatic N) is 2. The zero-order chi connectivity index (χ0) is 11.6. The van der Waals surface area contributed by atoms with Crippen molar-refractivity contribution < 1.29 is 5.11 Å². The van der Waals surface area contributed by atoms with Crippen LogP contribution in [0.5, 0.6) is 0 Å². The number of aromatic nitrogens is 2. The van der Waals surface area contributed by atoms with Gasteiger partial charge in [-0.1, -0.05) is 0 Å². The van der Waals surface area contributed by atoms with Crippen LogP contribution in [0.4, 0.5) is 17.6 Å². The second-order valence-electron chi connectivity index (χ2n) is 4.07. The molecule has 7 nitrogen and oxygen atoms in total. The summed E-state index contributed by atoms with van der Waals surface area (Å²) in [7, 11) is 0. The van der Waals surface area contributed by atoms with Crippen LogP contribution in [0.1, 0.15) is 19.3 Å². The molecule has 0 spiro atoms. The van der Waals surface area contributed by atoms with Crippen LogP contribution in [0.25, 0.3) is 0 Å². The maximum atomic E-state index is 9.89. The number of nitrogens with one attached hydrogen (secondary N) is 2. The van der Waals surface area contributed by atoms with Gasteiger partial charge in [0.2, 0.25) is 5.95 Å². The van der Waals surface area contributed by atoms with Crippen LogP contribution in [0.15, 0.2) is 6.07 Å². The summed E-state index contributed by atoms with van der Waals surface area (Å²) in [5, 5.41) is 12.9. The van der Waals surface area contributed by atoms with Crippen molar-refractivity contribution in [3.05, 3.63) is 6.07 Å². The maximum absolute atomic E-state index is 9.89. The number of rotatable bonds is 4. The minimum atomic E-state index is -0.601. The summed E-state index contributed by atoms with van der Waals surface area (Å²) >= 11 is 0. The Kier molecular flexibility index (Phi) is 2.80. The van der Waals surface area contributed by atoms with E-state index in [-0.39, 0.29) is 5.95 Å². The van der Waals surface area contributed by atoms with Gasteiger partial charge in [-0.3, -0.25) is 0 Å². The van der Waals surface area contributed by atoms with Crippen molar-refractivity contribution in [1.82, 2.24) is 9.97 Å². The summed E-state index contributed by atoms with van der Waals surface area (Å²) < 4.78 is 0. The summed E-state index contributed by atoms with van der Waals surface area (Å²) in [6, 6.07) is 1.64. The van der Waals surface area contributed by atoms with E-state index < -0.39 is 5.60 Å². The first-order valence-electron chi connectivity index (χ1n) is 5.19. The van der Waals surface area contributed by atoms with E-state index in [1.165, 1.54) is 0 Å². The van der Waals surface area contributed by atoms with Gasteiger partial charge in [0.1, 0.15) is 11.6 Å². The predicted molar refractivity (Wildman–Crippen MR) is 61.5 cm³/mol. The normalized spacial score (nSPS) is 17.6. The molecule has 7 heteroatoms. The number of hydrazine groups is 1. The molecule has 7 N–H and O–H groups in total. The third-order valence-corrected chi connectivity index (χ3v) is 2.77. The molecule has 0 atom stereocenters. The number of aliphatic hydroxyl groups is 1. The summed E-state index contributed by atoms with van der Waals surface area (Å²) in [6.07, 6.45) is 2.71. The lowest BCUT2D eigenvalue weighted by Gasteiger charge is -2.36. The molecule has 0 aliphatic heterocycles. The standard InChI is InChI=1S/C9H16N6O/c10-8-13-6(4-7(14-8)15-11)12-5-9(16)2-1-3-9/h4,16H,1-3,5,11H2,(H4,10,12,13,14,15). The molecule has 0 aromatic carbocycles. The third-order valence-electron chi connectivity index (χ3n) is 2.77. The highest BCUT2D eigenvalue weighted by molar-refractivity contribution is 5.50. The van der Waals surface area contributed by atoms with E-state index in [1.54, 1.807) is 6.07 Å². The van der Waals surface area contributed by atoms with E-state index in [1.807, 2.05) is 0 Å². The molecule has 0 unspecified atom stereocenters. The third kappa shape index (κ3) is 2.31. The molecule has 0 saturated heterocycles. The van der Waals surface area contributed by atoms with Crippen molar-refractivity contribution in [2.24, 2.45) is 5.84 Å². The summed E-state index contributed by atoms with van der Waals surface area (Å²) in [6.45, 7) is 0.466. The molecule has 1 aromatic heterocycles. The molecule has 0 radical (unpaired) electrons. The number of anilines is 3. The first kappa shape index (κ1) is 10.9. The highest BCUT2D eigenvalue weighted by Gasteiger charge is 2.34. The predicted octanol–water partition coefficient (Wildman–Crippen LogP) is -0.329. The first-order chi connectivity index (χ1) is 7.61. The molecule has 0 amide bonds. The summed E-state index contributed by atoms with van der Waals surface area (Å²) in [4.78, 5) is 7.85. The number of hydrogen-bond acceptors (Lipinski definition) is 7. The lowest BCUT2D eigenvalue weighted by atomic mass is 9.80. The number of nitrogen functional groups attached to an aromatic ring is 2. The van der Waals surface area contributed by atoms with Gasteiger partial charge in [-0.05, 0) is 19.3 Å². The van der Waals surface area contributed by atoms with E-state index in [0.29, 0.717) is 18.2 Å². The van der Waals surface area contributed by atoms with Gasteiger partial charge >= 0.3 is 0 Å². The smallest absolute Gasteiger partial charge is 0.223 e. The highest BCUT2D eigenvalue weighted by Crippen LogP contribution is 2.31. The number of hydrogen-bond donors (Lipinski definition) is 5. The molecular formula is C9H16N6O. The minimum absolute atomic E-state index is 0.138. The average molecular weight is 224 g/mol. The van der Waals surface area contributed by atoms with Crippen molar-refractivity contribution in [1.29, 1.82) is 0 Å². The zero-order valence-corrected chi connectivity index (χ0v) is 8.90. The Labute approximate surface area is 93.2 Å². The first-order valence-corrected chi connectivity index (χ1v) is 5.19. The van der Waals surface area contributed by atoms with Gasteiger partial charge in [0.05, 0.1) is 5.60 Å². The van der Waals surface area contributed by atoms with Crippen molar-refractivity contribution in [3.63, 3.8) is 0 Å². The Balaban J connectivity index is 2.00. The fourth-order valence-electron chi connectivity index (χ4n) is 1.65. The topological polar surface area (TPSA) is 122 Å². The molecular weight excluding hydrogens is 208 g/mol. The molecule has 2 rings (SSSR count). The van der Waals surface area contributed by atoms with E-state index in [0.717, 1.165) is 19.3 Å². The molecule has 1 aliphatic carbocycles. The van der Waals surface area contributed by atoms with Gasteiger partial charge in [0.15, 0.2) is 0 Å². The minimum Gasteiger partial charge on any atom is -0.388 e. The van der Waals surface area contributed by atoms with Gasteiger partial charge in [-0.2, -0.15) is 9.97 Å². The monoisotopic (exact) mass is 224 g/mol. The van der Waals surface area contributed by atoms with Crippen LogP contribution in [0, 0.1) is 0 Å². The van der Waals surface area contributed by atoms with E-state index >= 15 is 0 Å². The van der Waals surface area contributed by atoms with Crippen LogP contribution in [-0.4, -0.2) is 27.2 Å². The lowest BCUT2D eigenvalue weighted by Crippen LogP contribution is -2.43. The summed E-state index contributed by atoms with van der Waals surface area (Å²) in [5.41, 5.74) is 7.30. The van der Waals surface area contributed by atoms with E-state index in [9.17, 15) is 5.11 Å². The van der Waals surface area contributed by atoms with Crippen LogP contribution in [0.2, 0.25) is 0 Å². The quantitative estimate of drug-likeness (QED) is 0.350. The van der Waals surface area contributed by atoms with Crippen molar-refractivity contribution >= 4 is 17.6 Å². The second-order valence-corrected chi connectivity index (χ2v) is 4.07. The molecule has 88 valence electrons. The van der Waals surface area contributed by atoms with Crippen molar-refractivity contribution in [2.45, 2.75) is 24.9 Å². The molecule has 1 heterocycles. The van der Waals surface area contributed by atoms with E-state index in [2.05, 4.69) is 20.7 Å². The van der Waals surface area contributed by atoms with Crippen LogP contribution >= 0.6 is 0 Å². The fraction of sp³-hybridized carbons (Fsp3) is 0.556. The van der Waals surface area contributed by atoms with Crippen LogP contribution in [0.3, 0.4) is 0 Å². The molecule has 1 fully saturated rings. The molecule has 16 heavy (non-hydrogen) atoms. The fourth-order valence-corrected chi connectivity index (χ4v) is 1.65. The van der Waals surface area contributed by atoms with Crippen LogP contribution < -0.4 is 22.3 Å². The Morgan fingerprint density at radius 1 is 1.38 bits per heavy atom.